The van der Waals surface area contributed by atoms with Crippen LogP contribution in [0.25, 0.3) is 0 Å². The van der Waals surface area contributed by atoms with Crippen molar-refractivity contribution in [3.05, 3.63) is 0 Å². The van der Waals surface area contributed by atoms with Crippen molar-refractivity contribution >= 4 is 55.5 Å². The standard InChI is InChI=1S/C14H26N2O3S3/c1-10(17)3-2-4-13(18)16-9-14(19)15-8-12(22)7-11(21)5-6-20/h11-12,20-22H,2-9H2,1H3,(H,15,19)(H,16,18). The molecule has 0 saturated carbocycles. The Labute approximate surface area is 149 Å². The molecule has 0 bridgehead atoms. The van der Waals surface area contributed by atoms with E-state index in [2.05, 4.69) is 48.5 Å². The zero-order valence-corrected chi connectivity index (χ0v) is 15.6. The van der Waals surface area contributed by atoms with Gasteiger partial charge in [0.2, 0.25) is 11.8 Å². The highest BCUT2D eigenvalue weighted by Crippen LogP contribution is 2.13. The van der Waals surface area contributed by atoms with Gasteiger partial charge in [0.15, 0.2) is 0 Å². The van der Waals surface area contributed by atoms with Crippen LogP contribution in [0, 0.1) is 0 Å². The van der Waals surface area contributed by atoms with Crippen LogP contribution in [0.3, 0.4) is 0 Å². The average Bonchev–Trinajstić information content (AvgIpc) is 2.42. The van der Waals surface area contributed by atoms with Crippen LogP contribution in [0.15, 0.2) is 0 Å². The van der Waals surface area contributed by atoms with Gasteiger partial charge in [0.05, 0.1) is 6.54 Å². The number of carbonyl (C=O) groups excluding carboxylic acids is 3. The van der Waals surface area contributed by atoms with E-state index < -0.39 is 0 Å². The summed E-state index contributed by atoms with van der Waals surface area (Å²) in [6.07, 6.45) is 2.83. The maximum absolute atomic E-state index is 11.6. The van der Waals surface area contributed by atoms with Gasteiger partial charge in [0.1, 0.15) is 5.78 Å². The van der Waals surface area contributed by atoms with Crippen LogP contribution in [0.2, 0.25) is 0 Å². The fraction of sp³-hybridized carbons (Fsp3) is 0.786. The molecule has 0 fully saturated rings. The Hall–Kier alpha value is -0.340. The van der Waals surface area contributed by atoms with Crippen LogP contribution in [0.4, 0.5) is 0 Å². The first kappa shape index (κ1) is 21.7. The van der Waals surface area contributed by atoms with Gasteiger partial charge in [-0.1, -0.05) is 0 Å². The second kappa shape index (κ2) is 13.1. The molecule has 2 N–H and O–H groups in total. The third kappa shape index (κ3) is 13.3. The summed E-state index contributed by atoms with van der Waals surface area (Å²) in [6.45, 7) is 1.87. The molecule has 0 spiro atoms. The van der Waals surface area contributed by atoms with E-state index in [4.69, 9.17) is 0 Å². The third-order valence-electron chi connectivity index (χ3n) is 2.92. The molecule has 0 aromatic heterocycles. The predicted molar refractivity (Wildman–Crippen MR) is 99.2 cm³/mol. The number of ketones is 1. The van der Waals surface area contributed by atoms with Gasteiger partial charge in [0.25, 0.3) is 0 Å². The average molecular weight is 367 g/mol. The first-order chi connectivity index (χ1) is 10.3. The van der Waals surface area contributed by atoms with Crippen LogP contribution in [0.1, 0.15) is 39.0 Å². The molecule has 5 nitrogen and oxygen atoms in total. The molecule has 0 heterocycles. The number of rotatable bonds is 12. The zero-order chi connectivity index (χ0) is 17.0. The fourth-order valence-corrected chi connectivity index (χ4v) is 3.13. The molecule has 0 aliphatic rings. The van der Waals surface area contributed by atoms with Crippen molar-refractivity contribution in [1.29, 1.82) is 0 Å². The number of thiol groups is 3. The van der Waals surface area contributed by atoms with Gasteiger partial charge in [-0.3, -0.25) is 9.59 Å². The van der Waals surface area contributed by atoms with Crippen LogP contribution < -0.4 is 10.6 Å². The number of hydrogen-bond acceptors (Lipinski definition) is 6. The fourth-order valence-electron chi connectivity index (χ4n) is 1.72. The van der Waals surface area contributed by atoms with Crippen molar-refractivity contribution in [2.75, 3.05) is 18.8 Å². The molecular formula is C14H26N2O3S3. The molecule has 0 saturated heterocycles. The van der Waals surface area contributed by atoms with Gasteiger partial charge in [-0.25, -0.2) is 0 Å². The van der Waals surface area contributed by atoms with Crippen molar-refractivity contribution in [1.82, 2.24) is 10.6 Å². The zero-order valence-electron chi connectivity index (χ0n) is 12.9. The Morgan fingerprint density at radius 3 is 2.27 bits per heavy atom. The SMILES string of the molecule is CC(=O)CCCC(=O)NCC(=O)NCC(S)CC(S)CCS. The molecule has 8 heteroatoms. The van der Waals surface area contributed by atoms with Crippen molar-refractivity contribution in [2.45, 2.75) is 49.5 Å². The van der Waals surface area contributed by atoms with E-state index in [0.29, 0.717) is 19.4 Å². The minimum Gasteiger partial charge on any atom is -0.353 e. The minimum absolute atomic E-state index is 0.0256. The van der Waals surface area contributed by atoms with Crippen molar-refractivity contribution < 1.29 is 14.4 Å². The van der Waals surface area contributed by atoms with E-state index >= 15 is 0 Å². The van der Waals surface area contributed by atoms with Gasteiger partial charge < -0.3 is 15.4 Å². The highest BCUT2D eigenvalue weighted by atomic mass is 32.1. The number of hydrogen-bond donors (Lipinski definition) is 5. The quantitative estimate of drug-likeness (QED) is 0.338. The van der Waals surface area contributed by atoms with E-state index in [1.807, 2.05) is 0 Å². The Morgan fingerprint density at radius 2 is 1.68 bits per heavy atom. The molecule has 22 heavy (non-hydrogen) atoms. The Balaban J connectivity index is 3.72. The van der Waals surface area contributed by atoms with E-state index in [0.717, 1.165) is 18.6 Å². The second-order valence-electron chi connectivity index (χ2n) is 5.19. The van der Waals surface area contributed by atoms with Crippen LogP contribution in [-0.4, -0.2) is 46.9 Å². The second-order valence-corrected chi connectivity index (χ2v) is 7.10. The highest BCUT2D eigenvalue weighted by Gasteiger charge is 2.11. The summed E-state index contributed by atoms with van der Waals surface area (Å²) >= 11 is 13.0. The molecular weight excluding hydrogens is 340 g/mol. The molecule has 2 amide bonds. The lowest BCUT2D eigenvalue weighted by Crippen LogP contribution is -2.39. The molecule has 0 rings (SSSR count). The first-order valence-corrected chi connectivity index (χ1v) is 9.01. The lowest BCUT2D eigenvalue weighted by molar-refractivity contribution is -0.126. The first-order valence-electron chi connectivity index (χ1n) is 7.35. The summed E-state index contributed by atoms with van der Waals surface area (Å²) < 4.78 is 0. The number of carbonyl (C=O) groups is 3. The van der Waals surface area contributed by atoms with Crippen molar-refractivity contribution in [3.63, 3.8) is 0 Å². The maximum Gasteiger partial charge on any atom is 0.239 e. The van der Waals surface area contributed by atoms with Crippen molar-refractivity contribution in [2.24, 2.45) is 0 Å². The summed E-state index contributed by atoms with van der Waals surface area (Å²) in [7, 11) is 0. The molecule has 128 valence electrons. The van der Waals surface area contributed by atoms with E-state index in [1.54, 1.807) is 0 Å². The van der Waals surface area contributed by atoms with Crippen molar-refractivity contribution in [3.8, 4) is 0 Å². The lowest BCUT2D eigenvalue weighted by atomic mass is 10.2. The molecule has 0 aliphatic carbocycles. The summed E-state index contributed by atoms with van der Waals surface area (Å²) in [6, 6.07) is 0. The molecule has 2 atom stereocenters. The van der Waals surface area contributed by atoms with Crippen LogP contribution >= 0.6 is 37.9 Å². The Morgan fingerprint density at radius 1 is 1.00 bits per heavy atom. The highest BCUT2D eigenvalue weighted by molar-refractivity contribution is 7.82. The van der Waals surface area contributed by atoms with E-state index in [-0.39, 0.29) is 41.1 Å². The van der Waals surface area contributed by atoms with E-state index in [9.17, 15) is 14.4 Å². The van der Waals surface area contributed by atoms with Crippen LogP contribution in [-0.2, 0) is 14.4 Å². The largest absolute Gasteiger partial charge is 0.353 e. The molecule has 2 unspecified atom stereocenters. The maximum atomic E-state index is 11.6. The summed E-state index contributed by atoms with van der Waals surface area (Å²) in [5.41, 5.74) is 0. The number of Topliss-reactive ketones (excluding diaryl/α,β-unsaturated/α-hetero) is 1. The third-order valence-corrected chi connectivity index (χ3v) is 4.04. The summed E-state index contributed by atoms with van der Waals surface area (Å²) in [5, 5.41) is 5.50. The normalized spacial score (nSPS) is 13.3. The van der Waals surface area contributed by atoms with E-state index in [1.165, 1.54) is 6.92 Å². The molecule has 0 aliphatic heterocycles. The minimum atomic E-state index is -0.246. The van der Waals surface area contributed by atoms with Gasteiger partial charge in [0, 0.05) is 29.9 Å². The van der Waals surface area contributed by atoms with Gasteiger partial charge in [-0.15, -0.1) is 0 Å². The monoisotopic (exact) mass is 366 g/mol. The van der Waals surface area contributed by atoms with Crippen LogP contribution in [0.5, 0.6) is 0 Å². The predicted octanol–water partition coefficient (Wildman–Crippen LogP) is 1.28. The van der Waals surface area contributed by atoms with Gasteiger partial charge >= 0.3 is 0 Å². The Kier molecular flexibility index (Phi) is 12.9. The topological polar surface area (TPSA) is 75.3 Å². The number of amides is 2. The lowest BCUT2D eigenvalue weighted by Gasteiger charge is -2.16. The molecule has 0 aromatic carbocycles. The summed E-state index contributed by atoms with van der Waals surface area (Å²) in [4.78, 5) is 33.8. The number of nitrogens with one attached hydrogen (secondary N) is 2. The molecule has 0 aromatic rings. The van der Waals surface area contributed by atoms with Gasteiger partial charge in [-0.05, 0) is 31.9 Å². The summed E-state index contributed by atoms with van der Waals surface area (Å²) in [5.74, 6) is 0.370. The smallest absolute Gasteiger partial charge is 0.239 e. The van der Waals surface area contributed by atoms with Gasteiger partial charge in [-0.2, -0.15) is 37.9 Å². The molecule has 0 radical (unpaired) electrons. The Bertz CT molecular complexity index is 367.